The van der Waals surface area contributed by atoms with E-state index in [2.05, 4.69) is 5.32 Å². The fourth-order valence-electron chi connectivity index (χ4n) is 3.52. The number of aryl methyl sites for hydroxylation is 1. The van der Waals surface area contributed by atoms with Crippen LogP contribution in [-0.2, 0) is 10.0 Å². The normalized spacial score (nSPS) is 14.1. The second-order valence-electron chi connectivity index (χ2n) is 6.67. The van der Waals surface area contributed by atoms with Gasteiger partial charge in [0, 0.05) is 28.9 Å². The number of sulfonamides is 1. The molecule has 0 unspecified atom stereocenters. The molecule has 4 rings (SSSR count). The Morgan fingerprint density at radius 1 is 0.964 bits per heavy atom. The predicted molar refractivity (Wildman–Crippen MR) is 111 cm³/mol. The van der Waals surface area contributed by atoms with Crippen molar-refractivity contribution < 1.29 is 13.2 Å². The predicted octanol–water partition coefficient (Wildman–Crippen LogP) is 4.44. The lowest BCUT2D eigenvalue weighted by Crippen LogP contribution is -2.34. The Hall–Kier alpha value is -3.12. The van der Waals surface area contributed by atoms with Crippen LogP contribution in [0.4, 0.5) is 11.4 Å². The van der Waals surface area contributed by atoms with E-state index in [0.29, 0.717) is 23.4 Å². The first-order valence-corrected chi connectivity index (χ1v) is 10.5. The van der Waals surface area contributed by atoms with Crippen LogP contribution in [0, 0.1) is 6.92 Å². The highest BCUT2D eigenvalue weighted by Gasteiger charge is 2.34. The standard InChI is InChI=1S/C22H20N2O3S/c1-3-24-20-13-12-16(22(25)23-19-10-6-4-8-15(19)2)14-18(20)17-9-5-7-11-21(17)28(24,26)27/h4-14H,3H2,1-2H3,(H,23,25). The largest absolute Gasteiger partial charge is 0.322 e. The number of carbonyl (C=O) groups is 1. The molecule has 0 aliphatic carbocycles. The molecule has 0 aromatic heterocycles. The molecule has 5 nitrogen and oxygen atoms in total. The van der Waals surface area contributed by atoms with Crippen molar-refractivity contribution in [3.63, 3.8) is 0 Å². The molecular formula is C22H20N2O3S. The first-order chi connectivity index (χ1) is 13.4. The monoisotopic (exact) mass is 392 g/mol. The molecule has 1 aliphatic heterocycles. The van der Waals surface area contributed by atoms with Crippen LogP contribution in [0.25, 0.3) is 11.1 Å². The number of nitrogens with one attached hydrogen (secondary N) is 1. The minimum atomic E-state index is -3.60. The number of rotatable bonds is 3. The van der Waals surface area contributed by atoms with Gasteiger partial charge in [-0.05, 0) is 49.7 Å². The van der Waals surface area contributed by atoms with Crippen molar-refractivity contribution in [2.45, 2.75) is 18.7 Å². The summed E-state index contributed by atoms with van der Waals surface area (Å²) < 4.78 is 27.3. The summed E-state index contributed by atoms with van der Waals surface area (Å²) >= 11 is 0. The lowest BCUT2D eigenvalue weighted by molar-refractivity contribution is 0.102. The fraction of sp³-hybridized carbons (Fsp3) is 0.136. The lowest BCUT2D eigenvalue weighted by Gasteiger charge is -2.31. The summed E-state index contributed by atoms with van der Waals surface area (Å²) in [6.07, 6.45) is 0. The van der Waals surface area contributed by atoms with Crippen LogP contribution < -0.4 is 9.62 Å². The van der Waals surface area contributed by atoms with Crippen LogP contribution in [0.1, 0.15) is 22.8 Å². The molecule has 142 valence electrons. The van der Waals surface area contributed by atoms with Crippen molar-refractivity contribution in [1.82, 2.24) is 0 Å². The number of carbonyl (C=O) groups excluding carboxylic acids is 1. The van der Waals surface area contributed by atoms with E-state index in [-0.39, 0.29) is 10.8 Å². The van der Waals surface area contributed by atoms with Gasteiger partial charge in [-0.2, -0.15) is 0 Å². The highest BCUT2D eigenvalue weighted by Crippen LogP contribution is 2.43. The van der Waals surface area contributed by atoms with Crippen molar-refractivity contribution in [2.24, 2.45) is 0 Å². The zero-order valence-corrected chi connectivity index (χ0v) is 16.5. The topological polar surface area (TPSA) is 66.5 Å². The molecule has 6 heteroatoms. The van der Waals surface area contributed by atoms with Crippen molar-refractivity contribution in [3.8, 4) is 11.1 Å². The number of nitrogens with zero attached hydrogens (tertiary/aromatic N) is 1. The van der Waals surface area contributed by atoms with Crippen LogP contribution in [0.15, 0.2) is 71.6 Å². The molecule has 3 aromatic rings. The maximum atomic E-state index is 12.9. The zero-order valence-electron chi connectivity index (χ0n) is 15.6. The number of anilines is 2. The average molecular weight is 392 g/mol. The van der Waals surface area contributed by atoms with Gasteiger partial charge in [0.2, 0.25) is 0 Å². The van der Waals surface area contributed by atoms with Crippen LogP contribution in [0.2, 0.25) is 0 Å². The number of hydrogen-bond acceptors (Lipinski definition) is 3. The molecule has 0 saturated carbocycles. The molecule has 0 radical (unpaired) electrons. The smallest absolute Gasteiger partial charge is 0.264 e. The summed E-state index contributed by atoms with van der Waals surface area (Å²) in [5.74, 6) is -0.230. The van der Waals surface area contributed by atoms with Crippen LogP contribution in [0.5, 0.6) is 0 Å². The van der Waals surface area contributed by atoms with Gasteiger partial charge in [-0.3, -0.25) is 9.10 Å². The van der Waals surface area contributed by atoms with Crippen LogP contribution >= 0.6 is 0 Å². The lowest BCUT2D eigenvalue weighted by atomic mass is 10.00. The molecule has 1 N–H and O–H groups in total. The number of amides is 1. The first-order valence-electron chi connectivity index (χ1n) is 9.06. The number of fused-ring (bicyclic) bond motifs is 3. The zero-order chi connectivity index (χ0) is 19.9. The van der Waals surface area contributed by atoms with Crippen molar-refractivity contribution >= 4 is 27.3 Å². The maximum absolute atomic E-state index is 12.9. The SMILES string of the molecule is CCN1c2ccc(C(=O)Nc3ccccc3C)cc2-c2ccccc2S1(=O)=O. The summed E-state index contributed by atoms with van der Waals surface area (Å²) in [5, 5.41) is 2.93. The van der Waals surface area contributed by atoms with Gasteiger partial charge in [0.25, 0.3) is 15.9 Å². The van der Waals surface area contributed by atoms with E-state index in [9.17, 15) is 13.2 Å². The molecule has 0 fully saturated rings. The molecular weight excluding hydrogens is 372 g/mol. The van der Waals surface area contributed by atoms with Crippen molar-refractivity contribution in [1.29, 1.82) is 0 Å². The number of hydrogen-bond donors (Lipinski definition) is 1. The second kappa shape index (κ2) is 6.80. The third-order valence-corrected chi connectivity index (χ3v) is 6.90. The van der Waals surface area contributed by atoms with Gasteiger partial charge in [0.1, 0.15) is 0 Å². The summed E-state index contributed by atoms with van der Waals surface area (Å²) in [6.45, 7) is 4.05. The molecule has 1 heterocycles. The molecule has 0 atom stereocenters. The van der Waals surface area contributed by atoms with Gasteiger partial charge in [0.05, 0.1) is 10.6 Å². The highest BCUT2D eigenvalue weighted by molar-refractivity contribution is 7.93. The van der Waals surface area contributed by atoms with Gasteiger partial charge in [-0.25, -0.2) is 8.42 Å². The minimum Gasteiger partial charge on any atom is -0.322 e. The Morgan fingerprint density at radius 2 is 1.68 bits per heavy atom. The van der Waals surface area contributed by atoms with Gasteiger partial charge < -0.3 is 5.32 Å². The van der Waals surface area contributed by atoms with E-state index >= 15 is 0 Å². The van der Waals surface area contributed by atoms with E-state index in [1.54, 1.807) is 49.4 Å². The summed E-state index contributed by atoms with van der Waals surface area (Å²) in [6, 6.07) is 19.6. The third-order valence-electron chi connectivity index (χ3n) is 4.95. The van der Waals surface area contributed by atoms with Gasteiger partial charge in [-0.15, -0.1) is 0 Å². The fourth-order valence-corrected chi connectivity index (χ4v) is 5.22. The van der Waals surface area contributed by atoms with E-state index in [1.165, 1.54) is 4.31 Å². The molecule has 1 aliphatic rings. The summed E-state index contributed by atoms with van der Waals surface area (Å²) in [7, 11) is -3.60. The van der Waals surface area contributed by atoms with Crippen molar-refractivity contribution in [2.75, 3.05) is 16.2 Å². The molecule has 28 heavy (non-hydrogen) atoms. The Morgan fingerprint density at radius 3 is 2.43 bits per heavy atom. The third kappa shape index (κ3) is 2.86. The molecule has 3 aromatic carbocycles. The Kier molecular flexibility index (Phi) is 4.43. The molecule has 0 bridgehead atoms. The average Bonchev–Trinajstić information content (AvgIpc) is 2.70. The summed E-state index contributed by atoms with van der Waals surface area (Å²) in [5.41, 5.74) is 4.16. The molecule has 0 spiro atoms. The first kappa shape index (κ1) is 18.3. The molecule has 1 amide bonds. The van der Waals surface area contributed by atoms with E-state index < -0.39 is 10.0 Å². The Bertz CT molecular complexity index is 1190. The van der Waals surface area contributed by atoms with Gasteiger partial charge >= 0.3 is 0 Å². The van der Waals surface area contributed by atoms with Crippen molar-refractivity contribution in [3.05, 3.63) is 77.9 Å². The minimum absolute atomic E-state index is 0.230. The number of benzene rings is 3. The molecule has 0 saturated heterocycles. The van der Waals surface area contributed by atoms with Gasteiger partial charge in [0.15, 0.2) is 0 Å². The Balaban J connectivity index is 1.80. The van der Waals surface area contributed by atoms with Gasteiger partial charge in [-0.1, -0.05) is 36.4 Å². The van der Waals surface area contributed by atoms with Crippen LogP contribution in [-0.4, -0.2) is 20.9 Å². The quantitative estimate of drug-likeness (QED) is 0.716. The van der Waals surface area contributed by atoms with E-state index in [1.807, 2.05) is 31.2 Å². The van der Waals surface area contributed by atoms with E-state index in [4.69, 9.17) is 0 Å². The Labute approximate surface area is 164 Å². The van der Waals surface area contributed by atoms with Crippen LogP contribution in [0.3, 0.4) is 0 Å². The second-order valence-corrected chi connectivity index (χ2v) is 8.50. The maximum Gasteiger partial charge on any atom is 0.264 e. The van der Waals surface area contributed by atoms with E-state index in [0.717, 1.165) is 16.8 Å². The summed E-state index contributed by atoms with van der Waals surface area (Å²) in [4.78, 5) is 13.1. The highest BCUT2D eigenvalue weighted by atomic mass is 32.2. The number of para-hydroxylation sites is 1.